The number of nitrogens with two attached hydrogens (primary N) is 1. The molecule has 0 saturated heterocycles. The summed E-state index contributed by atoms with van der Waals surface area (Å²) in [6.07, 6.45) is 0. The normalized spacial score (nSPS) is 10.3. The Kier molecular flexibility index (Phi) is 4.20. The van der Waals surface area contributed by atoms with Crippen LogP contribution in [0.4, 0.5) is 5.69 Å². The lowest BCUT2D eigenvalue weighted by molar-refractivity contribution is 0.145. The van der Waals surface area contributed by atoms with Gasteiger partial charge in [-0.1, -0.05) is 17.7 Å². The SMILES string of the molecule is Cc1ccc(Cl)cc1N(C)CCON. The molecule has 0 fully saturated rings. The number of hydrogen-bond acceptors (Lipinski definition) is 3. The van der Waals surface area contributed by atoms with E-state index in [0.29, 0.717) is 6.61 Å². The number of benzene rings is 1. The van der Waals surface area contributed by atoms with Crippen molar-refractivity contribution in [2.75, 3.05) is 25.1 Å². The molecule has 4 heteroatoms. The molecule has 0 heterocycles. The molecule has 1 rings (SSSR count). The van der Waals surface area contributed by atoms with Gasteiger partial charge in [0, 0.05) is 24.3 Å². The largest absolute Gasteiger partial charge is 0.372 e. The van der Waals surface area contributed by atoms with E-state index in [1.165, 1.54) is 5.56 Å². The van der Waals surface area contributed by atoms with Gasteiger partial charge in [0.2, 0.25) is 0 Å². The highest BCUT2D eigenvalue weighted by atomic mass is 35.5. The second-order valence-corrected chi connectivity index (χ2v) is 3.66. The fourth-order valence-corrected chi connectivity index (χ4v) is 1.47. The summed E-state index contributed by atoms with van der Waals surface area (Å²) in [5.74, 6) is 4.97. The highest BCUT2D eigenvalue weighted by molar-refractivity contribution is 6.30. The maximum Gasteiger partial charge on any atom is 0.0854 e. The third kappa shape index (κ3) is 2.87. The molecule has 78 valence electrons. The lowest BCUT2D eigenvalue weighted by Gasteiger charge is -2.20. The van der Waals surface area contributed by atoms with Crippen molar-refractivity contribution in [1.82, 2.24) is 0 Å². The molecular weight excluding hydrogens is 200 g/mol. The van der Waals surface area contributed by atoms with Gasteiger partial charge in [0.25, 0.3) is 0 Å². The topological polar surface area (TPSA) is 38.5 Å². The second kappa shape index (κ2) is 5.20. The number of anilines is 1. The van der Waals surface area contributed by atoms with Crippen LogP contribution in [0.1, 0.15) is 5.56 Å². The summed E-state index contributed by atoms with van der Waals surface area (Å²) in [5.41, 5.74) is 2.29. The van der Waals surface area contributed by atoms with Crippen molar-refractivity contribution in [2.45, 2.75) is 6.92 Å². The molecule has 0 aliphatic rings. The maximum absolute atomic E-state index is 5.91. The standard InChI is InChI=1S/C10H15ClN2O/c1-8-3-4-9(11)7-10(8)13(2)5-6-14-12/h3-4,7H,5-6,12H2,1-2H3. The van der Waals surface area contributed by atoms with E-state index in [1.807, 2.05) is 32.2 Å². The van der Waals surface area contributed by atoms with Gasteiger partial charge in [-0.25, -0.2) is 5.90 Å². The highest BCUT2D eigenvalue weighted by Crippen LogP contribution is 2.22. The minimum atomic E-state index is 0.502. The van der Waals surface area contributed by atoms with Crippen LogP contribution in [0, 0.1) is 6.92 Å². The summed E-state index contributed by atoms with van der Waals surface area (Å²) in [6, 6.07) is 5.82. The van der Waals surface area contributed by atoms with Crippen LogP contribution in [-0.2, 0) is 4.84 Å². The monoisotopic (exact) mass is 214 g/mol. The number of hydrogen-bond donors (Lipinski definition) is 1. The van der Waals surface area contributed by atoms with Crippen LogP contribution >= 0.6 is 11.6 Å². The Morgan fingerprint density at radius 1 is 1.50 bits per heavy atom. The van der Waals surface area contributed by atoms with Crippen LogP contribution in [0.3, 0.4) is 0 Å². The Balaban J connectivity index is 2.77. The number of likely N-dealkylation sites (N-methyl/N-ethyl adjacent to an activating group) is 1. The molecular formula is C10H15ClN2O. The maximum atomic E-state index is 5.91. The minimum Gasteiger partial charge on any atom is -0.372 e. The fourth-order valence-electron chi connectivity index (χ4n) is 1.30. The van der Waals surface area contributed by atoms with Crippen LogP contribution in [0.25, 0.3) is 0 Å². The lowest BCUT2D eigenvalue weighted by Crippen LogP contribution is -2.24. The zero-order chi connectivity index (χ0) is 10.6. The number of rotatable bonds is 4. The van der Waals surface area contributed by atoms with Crippen molar-refractivity contribution in [3.63, 3.8) is 0 Å². The Morgan fingerprint density at radius 2 is 2.21 bits per heavy atom. The molecule has 3 nitrogen and oxygen atoms in total. The van der Waals surface area contributed by atoms with Gasteiger partial charge in [-0.15, -0.1) is 0 Å². The Bertz CT molecular complexity index is 304. The molecule has 0 aromatic heterocycles. The van der Waals surface area contributed by atoms with Gasteiger partial charge in [0.05, 0.1) is 6.61 Å². The van der Waals surface area contributed by atoms with Crippen molar-refractivity contribution in [2.24, 2.45) is 5.90 Å². The molecule has 0 aliphatic carbocycles. The fraction of sp³-hybridized carbons (Fsp3) is 0.400. The van der Waals surface area contributed by atoms with E-state index >= 15 is 0 Å². The summed E-state index contributed by atoms with van der Waals surface area (Å²) in [7, 11) is 1.98. The van der Waals surface area contributed by atoms with Gasteiger partial charge in [-0.3, -0.25) is 0 Å². The summed E-state index contributed by atoms with van der Waals surface area (Å²) >= 11 is 5.91. The van der Waals surface area contributed by atoms with Crippen LogP contribution in [0.5, 0.6) is 0 Å². The van der Waals surface area contributed by atoms with Crippen LogP contribution in [0.15, 0.2) is 18.2 Å². The van der Waals surface area contributed by atoms with Gasteiger partial charge in [0.15, 0.2) is 0 Å². The predicted octanol–water partition coefficient (Wildman–Crippen LogP) is 1.97. The third-order valence-electron chi connectivity index (χ3n) is 2.13. The van der Waals surface area contributed by atoms with Crippen molar-refractivity contribution < 1.29 is 4.84 Å². The zero-order valence-electron chi connectivity index (χ0n) is 8.46. The van der Waals surface area contributed by atoms with Crippen molar-refractivity contribution in [1.29, 1.82) is 0 Å². The van der Waals surface area contributed by atoms with Gasteiger partial charge in [0.1, 0.15) is 0 Å². The molecule has 1 aromatic rings. The van der Waals surface area contributed by atoms with Crippen LogP contribution in [-0.4, -0.2) is 20.2 Å². The molecule has 1 aromatic carbocycles. The van der Waals surface area contributed by atoms with Crippen molar-refractivity contribution in [3.05, 3.63) is 28.8 Å². The van der Waals surface area contributed by atoms with Crippen molar-refractivity contribution >= 4 is 17.3 Å². The molecule has 2 N–H and O–H groups in total. The number of halogens is 1. The summed E-state index contributed by atoms with van der Waals surface area (Å²) in [4.78, 5) is 6.59. The van der Waals surface area contributed by atoms with Gasteiger partial charge in [-0.2, -0.15) is 0 Å². The Morgan fingerprint density at radius 3 is 2.86 bits per heavy atom. The first kappa shape index (κ1) is 11.3. The van der Waals surface area contributed by atoms with E-state index in [0.717, 1.165) is 17.3 Å². The molecule has 0 unspecified atom stereocenters. The highest BCUT2D eigenvalue weighted by Gasteiger charge is 2.04. The smallest absolute Gasteiger partial charge is 0.0854 e. The predicted molar refractivity (Wildman–Crippen MR) is 59.6 cm³/mol. The van der Waals surface area contributed by atoms with E-state index in [4.69, 9.17) is 17.5 Å². The first-order chi connectivity index (χ1) is 6.65. The van der Waals surface area contributed by atoms with Gasteiger partial charge < -0.3 is 9.74 Å². The molecule has 0 aliphatic heterocycles. The first-order valence-corrected chi connectivity index (χ1v) is 4.82. The molecule has 0 atom stereocenters. The van der Waals surface area contributed by atoms with Gasteiger partial charge >= 0.3 is 0 Å². The molecule has 0 radical (unpaired) electrons. The number of aryl methyl sites for hydroxylation is 1. The van der Waals surface area contributed by atoms with E-state index in [9.17, 15) is 0 Å². The van der Waals surface area contributed by atoms with Crippen LogP contribution in [0.2, 0.25) is 5.02 Å². The first-order valence-electron chi connectivity index (χ1n) is 4.44. The van der Waals surface area contributed by atoms with E-state index in [-0.39, 0.29) is 0 Å². The third-order valence-corrected chi connectivity index (χ3v) is 2.36. The average molecular weight is 215 g/mol. The molecule has 0 bridgehead atoms. The minimum absolute atomic E-state index is 0.502. The molecule has 14 heavy (non-hydrogen) atoms. The summed E-state index contributed by atoms with van der Waals surface area (Å²) in [5, 5.41) is 0.742. The van der Waals surface area contributed by atoms with E-state index in [1.54, 1.807) is 0 Å². The summed E-state index contributed by atoms with van der Waals surface area (Å²) < 4.78 is 0. The van der Waals surface area contributed by atoms with E-state index in [2.05, 4.69) is 9.74 Å². The van der Waals surface area contributed by atoms with E-state index < -0.39 is 0 Å². The molecule has 0 saturated carbocycles. The van der Waals surface area contributed by atoms with Gasteiger partial charge in [-0.05, 0) is 24.6 Å². The number of nitrogens with zero attached hydrogens (tertiary/aromatic N) is 1. The lowest BCUT2D eigenvalue weighted by atomic mass is 10.2. The quantitative estimate of drug-likeness (QED) is 0.779. The average Bonchev–Trinajstić information content (AvgIpc) is 2.18. The Hall–Kier alpha value is -0.770. The Labute approximate surface area is 89.4 Å². The van der Waals surface area contributed by atoms with Crippen LogP contribution < -0.4 is 10.8 Å². The molecule has 0 spiro atoms. The van der Waals surface area contributed by atoms with Crippen molar-refractivity contribution in [3.8, 4) is 0 Å². The molecule has 0 amide bonds. The zero-order valence-corrected chi connectivity index (χ0v) is 9.21. The summed E-state index contributed by atoms with van der Waals surface area (Å²) in [6.45, 7) is 3.30. The second-order valence-electron chi connectivity index (χ2n) is 3.22.